The van der Waals surface area contributed by atoms with Gasteiger partial charge in [0.1, 0.15) is 5.78 Å². The van der Waals surface area contributed by atoms with Crippen LogP contribution in [0.25, 0.3) is 0 Å². The van der Waals surface area contributed by atoms with Gasteiger partial charge in [0.05, 0.1) is 13.7 Å². The first kappa shape index (κ1) is 23.1. The van der Waals surface area contributed by atoms with Crippen LogP contribution < -0.4 is 9.47 Å². The van der Waals surface area contributed by atoms with Crippen molar-refractivity contribution in [2.75, 3.05) is 20.8 Å². The summed E-state index contributed by atoms with van der Waals surface area (Å²) in [5, 5.41) is 0. The van der Waals surface area contributed by atoms with Crippen LogP contribution >= 0.6 is 0 Å². The van der Waals surface area contributed by atoms with Crippen molar-refractivity contribution in [2.24, 2.45) is 0 Å². The quantitative estimate of drug-likeness (QED) is 0.646. The molecule has 0 bridgehead atoms. The first-order valence-electron chi connectivity index (χ1n) is 8.94. The molecule has 2 aromatic rings. The third kappa shape index (κ3) is 6.71. The number of ether oxygens (including phenoxy) is 2. The summed E-state index contributed by atoms with van der Waals surface area (Å²) in [5.74, 6) is -0.564. The molecule has 0 spiro atoms. The molecule has 162 valence electrons. The zero-order chi connectivity index (χ0) is 22.5. The molecule has 0 aliphatic carbocycles. The van der Waals surface area contributed by atoms with Crippen LogP contribution in [-0.4, -0.2) is 53.5 Å². The fourth-order valence-electron chi connectivity index (χ4n) is 2.74. The molecule has 0 aliphatic rings. The van der Waals surface area contributed by atoms with E-state index in [1.54, 1.807) is 26.1 Å². The fraction of sp³-hybridized carbons (Fsp3) is 0.400. The number of pyridine rings is 2. The number of hydrogen-bond acceptors (Lipinski definition) is 6. The standard InChI is InChI=1S/C20H22F3N3O4/c1-12-7-15(9-16(24-12)8-13(2)27)19(28)26(3)10-14-5-6-17(25-18(14)29-4)30-11-20(21,22)23/h5-7,9H,8,10-11H2,1-4H3. The maximum Gasteiger partial charge on any atom is 0.422 e. The maximum absolute atomic E-state index is 12.8. The molecule has 1 amide bonds. The van der Waals surface area contributed by atoms with Crippen molar-refractivity contribution in [1.29, 1.82) is 0 Å². The maximum atomic E-state index is 12.8. The molecule has 0 N–H and O–H groups in total. The number of hydrogen-bond donors (Lipinski definition) is 0. The lowest BCUT2D eigenvalue weighted by atomic mass is 10.1. The molecule has 7 nitrogen and oxygen atoms in total. The van der Waals surface area contributed by atoms with Gasteiger partial charge in [-0.3, -0.25) is 14.6 Å². The van der Waals surface area contributed by atoms with Gasteiger partial charge in [-0.1, -0.05) is 0 Å². The summed E-state index contributed by atoms with van der Waals surface area (Å²) in [6.45, 7) is 1.80. The highest BCUT2D eigenvalue weighted by atomic mass is 19.4. The van der Waals surface area contributed by atoms with Crippen molar-refractivity contribution in [1.82, 2.24) is 14.9 Å². The predicted octanol–water partition coefficient (Wildman–Crippen LogP) is 3.14. The molecular weight excluding hydrogens is 403 g/mol. The molecule has 30 heavy (non-hydrogen) atoms. The van der Waals surface area contributed by atoms with Gasteiger partial charge < -0.3 is 14.4 Å². The van der Waals surface area contributed by atoms with Crippen molar-refractivity contribution in [3.63, 3.8) is 0 Å². The minimum Gasteiger partial charge on any atom is -0.481 e. The topological polar surface area (TPSA) is 81.6 Å². The van der Waals surface area contributed by atoms with Crippen LogP contribution in [0.3, 0.4) is 0 Å². The summed E-state index contributed by atoms with van der Waals surface area (Å²) >= 11 is 0. The van der Waals surface area contributed by atoms with Crippen LogP contribution in [0.4, 0.5) is 13.2 Å². The first-order chi connectivity index (χ1) is 14.0. The van der Waals surface area contributed by atoms with Gasteiger partial charge in [-0.2, -0.15) is 18.2 Å². The summed E-state index contributed by atoms with van der Waals surface area (Å²) in [6, 6.07) is 5.95. The van der Waals surface area contributed by atoms with Gasteiger partial charge in [0.15, 0.2) is 6.61 Å². The largest absolute Gasteiger partial charge is 0.481 e. The molecule has 0 saturated heterocycles. The Balaban J connectivity index is 2.16. The molecule has 0 aromatic carbocycles. The number of rotatable bonds is 8. The van der Waals surface area contributed by atoms with Gasteiger partial charge >= 0.3 is 6.18 Å². The second kappa shape index (κ2) is 9.55. The number of methoxy groups -OCH3 is 1. The highest BCUT2D eigenvalue weighted by molar-refractivity contribution is 5.94. The lowest BCUT2D eigenvalue weighted by Crippen LogP contribution is -2.27. The normalized spacial score (nSPS) is 11.2. The average Bonchev–Trinajstić information content (AvgIpc) is 2.64. The Labute approximate surface area is 171 Å². The van der Waals surface area contributed by atoms with Crippen LogP contribution in [0.5, 0.6) is 11.8 Å². The molecule has 2 aromatic heterocycles. The third-order valence-corrected chi connectivity index (χ3v) is 3.93. The molecular formula is C20H22F3N3O4. The van der Waals surface area contributed by atoms with E-state index >= 15 is 0 Å². The molecule has 0 atom stereocenters. The van der Waals surface area contributed by atoms with E-state index in [2.05, 4.69) is 14.7 Å². The van der Waals surface area contributed by atoms with Crippen LogP contribution in [-0.2, 0) is 17.8 Å². The Hall–Kier alpha value is -3.17. The van der Waals surface area contributed by atoms with E-state index in [9.17, 15) is 22.8 Å². The van der Waals surface area contributed by atoms with E-state index in [1.165, 1.54) is 31.1 Å². The number of Topliss-reactive ketones (excluding diaryl/α,β-unsaturated/α-hetero) is 1. The van der Waals surface area contributed by atoms with E-state index in [-0.39, 0.29) is 36.4 Å². The molecule has 2 rings (SSSR count). The smallest absolute Gasteiger partial charge is 0.422 e. The highest BCUT2D eigenvalue weighted by Gasteiger charge is 2.29. The van der Waals surface area contributed by atoms with E-state index in [0.717, 1.165) is 0 Å². The molecule has 2 heterocycles. The Morgan fingerprint density at radius 2 is 1.87 bits per heavy atom. The van der Waals surface area contributed by atoms with Crippen LogP contribution in [0.15, 0.2) is 24.3 Å². The van der Waals surface area contributed by atoms with E-state index in [0.29, 0.717) is 22.5 Å². The number of alkyl halides is 3. The molecule has 0 radical (unpaired) electrons. The summed E-state index contributed by atoms with van der Waals surface area (Å²) < 4.78 is 46.6. The molecule has 0 unspecified atom stereocenters. The summed E-state index contributed by atoms with van der Waals surface area (Å²) in [6.07, 6.45) is -4.35. The summed E-state index contributed by atoms with van der Waals surface area (Å²) in [4.78, 5) is 33.7. The van der Waals surface area contributed by atoms with E-state index in [4.69, 9.17) is 4.74 Å². The number of carbonyl (C=O) groups excluding carboxylic acids is 2. The second-order valence-corrected chi connectivity index (χ2v) is 6.75. The van der Waals surface area contributed by atoms with Gasteiger partial charge in [0.25, 0.3) is 5.91 Å². The number of aromatic nitrogens is 2. The molecule has 0 aliphatic heterocycles. The SMILES string of the molecule is COc1nc(OCC(F)(F)F)ccc1CN(C)C(=O)c1cc(C)nc(CC(C)=O)c1. The van der Waals surface area contributed by atoms with Gasteiger partial charge in [-0.05, 0) is 32.0 Å². The van der Waals surface area contributed by atoms with Crippen molar-refractivity contribution >= 4 is 11.7 Å². The zero-order valence-corrected chi connectivity index (χ0v) is 17.0. The van der Waals surface area contributed by atoms with Crippen LogP contribution in [0, 0.1) is 6.92 Å². The summed E-state index contributed by atoms with van der Waals surface area (Å²) in [5.41, 5.74) is 1.97. The van der Waals surface area contributed by atoms with Crippen molar-refractivity contribution in [2.45, 2.75) is 33.0 Å². The van der Waals surface area contributed by atoms with Crippen molar-refractivity contribution in [3.8, 4) is 11.8 Å². The van der Waals surface area contributed by atoms with E-state index < -0.39 is 12.8 Å². The van der Waals surface area contributed by atoms with Crippen molar-refractivity contribution in [3.05, 3.63) is 46.8 Å². The Bertz CT molecular complexity index is 932. The van der Waals surface area contributed by atoms with E-state index in [1.807, 2.05) is 0 Å². The number of ketones is 1. The number of halogens is 3. The molecule has 0 saturated carbocycles. The Morgan fingerprint density at radius 3 is 2.47 bits per heavy atom. The average molecular weight is 425 g/mol. The number of amides is 1. The van der Waals surface area contributed by atoms with Gasteiger partial charge in [-0.15, -0.1) is 0 Å². The molecule has 0 fully saturated rings. The van der Waals surface area contributed by atoms with Gasteiger partial charge in [-0.25, -0.2) is 0 Å². The number of nitrogens with zero attached hydrogens (tertiary/aromatic N) is 3. The Kier molecular flexibility index (Phi) is 7.36. The second-order valence-electron chi connectivity index (χ2n) is 6.75. The fourth-order valence-corrected chi connectivity index (χ4v) is 2.74. The Morgan fingerprint density at radius 1 is 1.17 bits per heavy atom. The minimum absolute atomic E-state index is 0.0532. The lowest BCUT2D eigenvalue weighted by molar-refractivity contribution is -0.154. The predicted molar refractivity (Wildman–Crippen MR) is 101 cm³/mol. The number of carbonyl (C=O) groups is 2. The van der Waals surface area contributed by atoms with Gasteiger partial charge in [0, 0.05) is 42.0 Å². The zero-order valence-electron chi connectivity index (χ0n) is 17.0. The first-order valence-corrected chi connectivity index (χ1v) is 8.94. The van der Waals surface area contributed by atoms with Crippen LogP contribution in [0.2, 0.25) is 0 Å². The minimum atomic E-state index is -4.48. The summed E-state index contributed by atoms with van der Waals surface area (Å²) in [7, 11) is 2.89. The van der Waals surface area contributed by atoms with Crippen LogP contribution in [0.1, 0.15) is 34.2 Å². The lowest BCUT2D eigenvalue weighted by Gasteiger charge is -2.19. The van der Waals surface area contributed by atoms with Gasteiger partial charge in [0.2, 0.25) is 11.8 Å². The van der Waals surface area contributed by atoms with Crippen molar-refractivity contribution < 1.29 is 32.2 Å². The molecule has 10 heteroatoms. The number of aryl methyl sites for hydroxylation is 1. The third-order valence-electron chi connectivity index (χ3n) is 3.93. The monoisotopic (exact) mass is 425 g/mol. The highest BCUT2D eigenvalue weighted by Crippen LogP contribution is 2.24.